The Hall–Kier alpha value is -1.72. The third kappa shape index (κ3) is 6.28. The first-order valence-electron chi connectivity index (χ1n) is 13.2. The van der Waals surface area contributed by atoms with E-state index in [9.17, 15) is 9.59 Å². The van der Waals surface area contributed by atoms with Crippen LogP contribution < -0.4 is 0 Å². The van der Waals surface area contributed by atoms with Crippen molar-refractivity contribution >= 4 is 11.8 Å². The minimum atomic E-state index is -0.377. The van der Waals surface area contributed by atoms with Crippen molar-refractivity contribution in [3.8, 4) is 0 Å². The molecule has 1 aliphatic heterocycles. The number of esters is 1. The van der Waals surface area contributed by atoms with Gasteiger partial charge in [-0.1, -0.05) is 51.3 Å². The average Bonchev–Trinajstić information content (AvgIpc) is 3.31. The highest BCUT2D eigenvalue weighted by Gasteiger charge is 2.53. The lowest BCUT2D eigenvalue weighted by atomic mass is 9.56. The van der Waals surface area contributed by atoms with Crippen molar-refractivity contribution in [2.75, 3.05) is 13.2 Å². The second-order valence-corrected chi connectivity index (χ2v) is 11.0. The van der Waals surface area contributed by atoms with Gasteiger partial charge in [-0.15, -0.1) is 0 Å². The average molecular weight is 473 g/mol. The topological polar surface area (TPSA) is 61.8 Å². The van der Waals surface area contributed by atoms with Crippen LogP contribution in [0.1, 0.15) is 86.5 Å². The van der Waals surface area contributed by atoms with E-state index in [2.05, 4.69) is 40.7 Å². The molecule has 190 valence electrons. The molecule has 1 heterocycles. The van der Waals surface area contributed by atoms with Gasteiger partial charge in [0.1, 0.15) is 6.10 Å². The molecular weight excluding hydrogens is 428 g/mol. The van der Waals surface area contributed by atoms with Gasteiger partial charge in [0.2, 0.25) is 0 Å². The van der Waals surface area contributed by atoms with E-state index in [-0.39, 0.29) is 41.4 Å². The zero-order valence-corrected chi connectivity index (χ0v) is 22.0. The number of unbranched alkanes of at least 4 members (excludes halogenated alkanes) is 1. The lowest BCUT2D eigenvalue weighted by Crippen LogP contribution is -2.50. The molecule has 1 saturated carbocycles. The molecule has 1 saturated heterocycles. The molecule has 0 spiro atoms. The van der Waals surface area contributed by atoms with E-state index in [1.165, 1.54) is 5.57 Å². The van der Waals surface area contributed by atoms with Crippen LogP contribution in [0.3, 0.4) is 0 Å². The van der Waals surface area contributed by atoms with Gasteiger partial charge in [0.15, 0.2) is 12.1 Å². The monoisotopic (exact) mass is 472 g/mol. The van der Waals surface area contributed by atoms with Gasteiger partial charge in [0, 0.05) is 22.8 Å². The fourth-order valence-electron chi connectivity index (χ4n) is 5.87. The number of ketones is 1. The van der Waals surface area contributed by atoms with E-state index >= 15 is 0 Å². The quantitative estimate of drug-likeness (QED) is 0.223. The predicted octanol–water partition coefficient (Wildman–Crippen LogP) is 6.33. The highest BCUT2D eigenvalue weighted by molar-refractivity contribution is 5.94. The maximum absolute atomic E-state index is 13.1. The van der Waals surface area contributed by atoms with Crippen LogP contribution in [0.25, 0.3) is 0 Å². The fourth-order valence-corrected chi connectivity index (χ4v) is 5.87. The summed E-state index contributed by atoms with van der Waals surface area (Å²) in [6.45, 7) is 13.7. The van der Waals surface area contributed by atoms with Crippen molar-refractivity contribution < 1.29 is 23.8 Å². The molecule has 0 aromatic rings. The van der Waals surface area contributed by atoms with Crippen molar-refractivity contribution in [2.24, 2.45) is 23.2 Å². The largest absolute Gasteiger partial charge is 0.454 e. The van der Waals surface area contributed by atoms with Crippen LogP contribution in [0.2, 0.25) is 0 Å². The molecule has 0 aromatic carbocycles. The van der Waals surface area contributed by atoms with Gasteiger partial charge < -0.3 is 14.2 Å². The number of allylic oxidation sites excluding steroid dienone is 4. The van der Waals surface area contributed by atoms with Crippen LogP contribution in [0.4, 0.5) is 0 Å². The van der Waals surface area contributed by atoms with Gasteiger partial charge in [-0.25, -0.2) is 4.79 Å². The highest BCUT2D eigenvalue weighted by Crippen LogP contribution is 2.55. The summed E-state index contributed by atoms with van der Waals surface area (Å²) in [6, 6.07) is 0. The smallest absolute Gasteiger partial charge is 0.333 e. The zero-order chi connectivity index (χ0) is 24.9. The van der Waals surface area contributed by atoms with Gasteiger partial charge in [0.25, 0.3) is 0 Å². The van der Waals surface area contributed by atoms with Crippen LogP contribution in [-0.4, -0.2) is 37.4 Å². The van der Waals surface area contributed by atoms with E-state index in [0.717, 1.165) is 44.1 Å². The Bertz CT molecular complexity index is 827. The summed E-state index contributed by atoms with van der Waals surface area (Å²) in [6.07, 6.45) is 11.7. The number of fused-ring (bicyclic) bond motifs is 1. The lowest BCUT2D eigenvalue weighted by molar-refractivity contribution is -0.155. The molecule has 3 rings (SSSR count). The molecule has 5 nitrogen and oxygen atoms in total. The molecular formula is C29H44O5. The molecule has 0 amide bonds. The van der Waals surface area contributed by atoms with Crippen LogP contribution in [-0.2, 0) is 23.8 Å². The Morgan fingerprint density at radius 1 is 1.24 bits per heavy atom. The molecule has 0 bridgehead atoms. The van der Waals surface area contributed by atoms with E-state index in [1.54, 1.807) is 6.08 Å². The Balaban J connectivity index is 1.83. The Morgan fingerprint density at radius 3 is 2.59 bits per heavy atom. The number of hydrogen-bond donors (Lipinski definition) is 0. The van der Waals surface area contributed by atoms with Gasteiger partial charge in [0.05, 0.1) is 13.2 Å². The SMILES string of the molecule is CCCC[C@H](C)/C=C(\C)C(=O)O[C@@H]1CC[C@H](C2OCCO2)[C@@]2(C)C[C@@H](CC=C(C)C)C(=O)C=C12. The van der Waals surface area contributed by atoms with Crippen molar-refractivity contribution in [3.63, 3.8) is 0 Å². The zero-order valence-electron chi connectivity index (χ0n) is 22.0. The van der Waals surface area contributed by atoms with E-state index < -0.39 is 0 Å². The van der Waals surface area contributed by atoms with Crippen LogP contribution in [0.15, 0.2) is 34.9 Å². The second kappa shape index (κ2) is 11.8. The summed E-state index contributed by atoms with van der Waals surface area (Å²) >= 11 is 0. The van der Waals surface area contributed by atoms with E-state index in [0.29, 0.717) is 31.1 Å². The highest BCUT2D eigenvalue weighted by atomic mass is 16.7. The Morgan fingerprint density at radius 2 is 1.94 bits per heavy atom. The summed E-state index contributed by atoms with van der Waals surface area (Å²) < 4.78 is 17.9. The number of carbonyl (C=O) groups excluding carboxylic acids is 2. The van der Waals surface area contributed by atoms with Crippen molar-refractivity contribution in [1.29, 1.82) is 0 Å². The Labute approximate surface area is 206 Å². The van der Waals surface area contributed by atoms with Crippen molar-refractivity contribution in [1.82, 2.24) is 0 Å². The molecule has 0 N–H and O–H groups in total. The third-order valence-electron chi connectivity index (χ3n) is 7.84. The molecule has 2 fully saturated rings. The lowest BCUT2D eigenvalue weighted by Gasteiger charge is -2.51. The van der Waals surface area contributed by atoms with Gasteiger partial charge in [-0.05, 0) is 70.4 Å². The maximum atomic E-state index is 13.1. The summed E-state index contributed by atoms with van der Waals surface area (Å²) in [4.78, 5) is 26.1. The third-order valence-corrected chi connectivity index (χ3v) is 7.84. The van der Waals surface area contributed by atoms with Crippen molar-refractivity contribution in [2.45, 2.75) is 98.9 Å². The van der Waals surface area contributed by atoms with Gasteiger partial charge >= 0.3 is 5.97 Å². The van der Waals surface area contributed by atoms with Gasteiger partial charge in [-0.2, -0.15) is 0 Å². The summed E-state index contributed by atoms with van der Waals surface area (Å²) in [7, 11) is 0. The standard InChI is InChI=1S/C29H44O5/c1-7-8-9-20(4)16-21(5)27(31)34-26-13-12-23(28-32-14-15-33-28)29(6)18-22(11-10-19(2)3)25(30)17-24(26)29/h10,16-17,20,22-23,26,28H,7-9,11-15,18H2,1-6H3/b21-16+/t20-,22+,23+,26+,29+/m0/s1. The van der Waals surface area contributed by atoms with Crippen LogP contribution in [0, 0.1) is 23.2 Å². The Kier molecular flexibility index (Phi) is 9.34. The molecule has 3 aliphatic rings. The van der Waals surface area contributed by atoms with Crippen molar-refractivity contribution in [3.05, 3.63) is 34.9 Å². The first-order chi connectivity index (χ1) is 16.2. The molecule has 0 aromatic heterocycles. The minimum absolute atomic E-state index is 0.0666. The summed E-state index contributed by atoms with van der Waals surface area (Å²) in [5, 5.41) is 0. The number of hydrogen-bond acceptors (Lipinski definition) is 5. The van der Waals surface area contributed by atoms with E-state index in [1.807, 2.05) is 13.0 Å². The summed E-state index contributed by atoms with van der Waals surface area (Å²) in [5.41, 5.74) is 2.51. The normalized spacial score (nSPS) is 31.0. The molecule has 0 radical (unpaired) electrons. The molecule has 5 heteroatoms. The summed E-state index contributed by atoms with van der Waals surface area (Å²) in [5.74, 6) is 0.284. The first-order valence-corrected chi connectivity index (χ1v) is 13.2. The number of rotatable bonds is 9. The molecule has 34 heavy (non-hydrogen) atoms. The number of ether oxygens (including phenoxy) is 3. The van der Waals surface area contributed by atoms with Crippen LogP contribution in [0.5, 0.6) is 0 Å². The molecule has 0 unspecified atom stereocenters. The number of carbonyl (C=O) groups is 2. The fraction of sp³-hybridized carbons (Fsp3) is 0.724. The molecule has 5 atom stereocenters. The first kappa shape index (κ1) is 26.9. The maximum Gasteiger partial charge on any atom is 0.333 e. The second-order valence-electron chi connectivity index (χ2n) is 11.0. The minimum Gasteiger partial charge on any atom is -0.454 e. The molecule has 2 aliphatic carbocycles. The van der Waals surface area contributed by atoms with Gasteiger partial charge in [-0.3, -0.25) is 4.79 Å². The van der Waals surface area contributed by atoms with E-state index in [4.69, 9.17) is 14.2 Å². The van der Waals surface area contributed by atoms with Crippen LogP contribution >= 0.6 is 0 Å². The predicted molar refractivity (Wildman–Crippen MR) is 134 cm³/mol.